The molecule has 0 aliphatic rings. The molecule has 96 valence electrons. The molecular weight excluding hydrogens is 268 g/mol. The van der Waals surface area contributed by atoms with E-state index in [1.807, 2.05) is 27.7 Å². The Balaban J connectivity index is -0.000000240. The van der Waals surface area contributed by atoms with Crippen LogP contribution < -0.4 is 0 Å². The van der Waals surface area contributed by atoms with E-state index in [4.69, 9.17) is 17.7 Å². The molecule has 0 unspecified atom stereocenters. The zero-order chi connectivity index (χ0) is 10.2. The molecule has 8 heteroatoms. The topological polar surface area (TPSA) is 93.9 Å². The molecule has 0 heterocycles. The van der Waals surface area contributed by atoms with Crippen LogP contribution in [-0.4, -0.2) is 35.5 Å². The number of hydrogen-bond acceptors (Lipinski definition) is 4. The zero-order valence-electron chi connectivity index (χ0n) is 10.3. The molecule has 0 radical (unpaired) electrons. The average molecular weight is 288 g/mol. The van der Waals surface area contributed by atoms with E-state index in [1.54, 1.807) is 0 Å². The Kier molecular flexibility index (Phi) is 25.0. The second-order valence-corrected chi connectivity index (χ2v) is 4.39. The van der Waals surface area contributed by atoms with E-state index in [9.17, 15) is 0 Å². The van der Waals surface area contributed by atoms with E-state index in [-0.39, 0.29) is 32.7 Å². The van der Waals surface area contributed by atoms with E-state index in [2.05, 4.69) is 0 Å². The fraction of sp³-hybridized carbons (Fsp3) is 1.00. The Morgan fingerprint density at radius 1 is 0.625 bits per heavy atom. The molecule has 0 aromatic rings. The minimum absolute atomic E-state index is 0. The van der Waals surface area contributed by atoms with Gasteiger partial charge in [-0.3, -0.25) is 0 Å². The molecule has 0 atom stereocenters. The van der Waals surface area contributed by atoms with Crippen LogP contribution in [0.15, 0.2) is 0 Å². The van der Waals surface area contributed by atoms with Gasteiger partial charge in [-0.2, -0.15) is 0 Å². The van der Waals surface area contributed by atoms with Gasteiger partial charge in [-0.1, -0.05) is 0 Å². The molecule has 0 aliphatic carbocycles. The summed E-state index contributed by atoms with van der Waals surface area (Å²) >= 11 is 0. The van der Waals surface area contributed by atoms with Gasteiger partial charge in [0.1, 0.15) is 0 Å². The van der Waals surface area contributed by atoms with Gasteiger partial charge in [0, 0.05) is 26.4 Å². The molecule has 0 amide bonds. The van der Waals surface area contributed by atoms with E-state index in [0.29, 0.717) is 26.4 Å². The van der Waals surface area contributed by atoms with Crippen LogP contribution in [0.3, 0.4) is 0 Å². The van der Waals surface area contributed by atoms with Crippen LogP contribution in [0.5, 0.6) is 0 Å². The van der Waals surface area contributed by atoms with Crippen molar-refractivity contribution in [2.75, 3.05) is 26.4 Å². The van der Waals surface area contributed by atoms with Gasteiger partial charge in [0.05, 0.1) is 0 Å². The van der Waals surface area contributed by atoms with Crippen LogP contribution in [0.2, 0.25) is 0 Å². The summed E-state index contributed by atoms with van der Waals surface area (Å²) in [6.45, 7) is 9.80. The molecule has 0 rings (SSSR count). The van der Waals surface area contributed by atoms with Crippen molar-refractivity contribution in [2.24, 2.45) is 0 Å². The minimum atomic E-state index is -2.80. The number of hydrogen-bond donors (Lipinski definition) is 0. The fourth-order valence-corrected chi connectivity index (χ4v) is 2.87. The Hall–Kier alpha value is 0.691. The van der Waals surface area contributed by atoms with Crippen LogP contribution in [0.25, 0.3) is 0 Å². The smallest absolute Gasteiger partial charge is 2.00 e. The van der Waals surface area contributed by atoms with Crippen molar-refractivity contribution < 1.29 is 50.4 Å². The molecule has 0 fully saturated rings. The van der Waals surface area contributed by atoms with Crippen molar-refractivity contribution >= 4 is 9.05 Å². The van der Waals surface area contributed by atoms with Crippen LogP contribution in [0.4, 0.5) is 0 Å². The van der Waals surface area contributed by atoms with Crippen molar-refractivity contribution in [3.63, 3.8) is 0 Å². The molecule has 0 saturated heterocycles. The monoisotopic (exact) mass is 288 g/mol. The maximum absolute atomic E-state index is 5.42. The Morgan fingerprint density at radius 3 is 0.938 bits per heavy atom. The van der Waals surface area contributed by atoms with Crippen LogP contribution in [-0.2, 0) is 50.4 Å². The largest absolute Gasteiger partial charge is 4.00 e. The van der Waals surface area contributed by atoms with Gasteiger partial charge in [-0.05, 0) is 27.7 Å². The SMILES string of the molecule is CCO[Si](OCC)(OCC)OCC.[O-2].[O-2].[Ti+4]. The predicted octanol–water partition coefficient (Wildman–Crippen LogP) is 1.33. The third kappa shape index (κ3) is 9.88. The summed E-state index contributed by atoms with van der Waals surface area (Å²) in [5.41, 5.74) is 0. The molecule has 0 bridgehead atoms. The molecule has 0 aromatic heterocycles. The van der Waals surface area contributed by atoms with Gasteiger partial charge in [-0.15, -0.1) is 0 Å². The van der Waals surface area contributed by atoms with Crippen molar-refractivity contribution in [1.29, 1.82) is 0 Å². The van der Waals surface area contributed by atoms with Crippen LogP contribution in [0.1, 0.15) is 27.7 Å². The minimum Gasteiger partial charge on any atom is -2.00 e. The molecule has 0 aliphatic heterocycles. The molecule has 0 saturated carbocycles. The Labute approximate surface area is 114 Å². The first-order valence-electron chi connectivity index (χ1n) is 4.80. The molecular formula is C8H20O6SiTi. The van der Waals surface area contributed by atoms with Gasteiger partial charge in [0.15, 0.2) is 0 Å². The van der Waals surface area contributed by atoms with Gasteiger partial charge in [0.2, 0.25) is 0 Å². The maximum atomic E-state index is 5.42. The quantitative estimate of drug-likeness (QED) is 0.629. The van der Waals surface area contributed by atoms with Crippen molar-refractivity contribution in [3.8, 4) is 0 Å². The molecule has 0 N–H and O–H groups in total. The van der Waals surface area contributed by atoms with Crippen LogP contribution >= 0.6 is 0 Å². The van der Waals surface area contributed by atoms with Gasteiger partial charge < -0.3 is 28.7 Å². The fourth-order valence-electron chi connectivity index (χ4n) is 0.957. The van der Waals surface area contributed by atoms with E-state index in [0.717, 1.165) is 0 Å². The van der Waals surface area contributed by atoms with Crippen molar-refractivity contribution in [1.82, 2.24) is 0 Å². The third-order valence-electron chi connectivity index (χ3n) is 1.28. The van der Waals surface area contributed by atoms with E-state index < -0.39 is 9.05 Å². The first kappa shape index (κ1) is 25.5. The summed E-state index contributed by atoms with van der Waals surface area (Å²) in [5, 5.41) is 0. The van der Waals surface area contributed by atoms with Crippen molar-refractivity contribution in [2.45, 2.75) is 27.7 Å². The molecule has 16 heavy (non-hydrogen) atoms. The predicted molar refractivity (Wildman–Crippen MR) is 53.6 cm³/mol. The standard InChI is InChI=1S/C8H20O4Si.2O.Ti/c1-5-9-13(10-6-2,11-7-3)12-8-4;;;/h5-8H2,1-4H3;;;/q;2*-2;+4. The summed E-state index contributed by atoms with van der Waals surface area (Å²) in [5.74, 6) is 0. The second-order valence-electron chi connectivity index (χ2n) is 2.23. The summed E-state index contributed by atoms with van der Waals surface area (Å²) in [7, 11) is -2.80. The third-order valence-corrected chi connectivity index (χ3v) is 3.85. The summed E-state index contributed by atoms with van der Waals surface area (Å²) in [4.78, 5) is 0. The van der Waals surface area contributed by atoms with Crippen molar-refractivity contribution in [3.05, 3.63) is 0 Å². The molecule has 0 spiro atoms. The summed E-state index contributed by atoms with van der Waals surface area (Å²) in [6, 6.07) is 0. The summed E-state index contributed by atoms with van der Waals surface area (Å²) < 4.78 is 21.7. The van der Waals surface area contributed by atoms with E-state index in [1.165, 1.54) is 0 Å². The zero-order valence-corrected chi connectivity index (χ0v) is 12.8. The number of rotatable bonds is 8. The Morgan fingerprint density at radius 2 is 0.812 bits per heavy atom. The summed E-state index contributed by atoms with van der Waals surface area (Å²) in [6.07, 6.45) is 0. The first-order chi connectivity index (χ1) is 6.24. The normalized spacial score (nSPS) is 9.75. The van der Waals surface area contributed by atoms with Gasteiger partial charge in [0.25, 0.3) is 0 Å². The van der Waals surface area contributed by atoms with Gasteiger partial charge in [-0.25, -0.2) is 0 Å². The van der Waals surface area contributed by atoms with Crippen LogP contribution in [0, 0.1) is 0 Å². The molecule has 0 aromatic carbocycles. The second kappa shape index (κ2) is 15.7. The first-order valence-corrected chi connectivity index (χ1v) is 6.43. The maximum Gasteiger partial charge on any atom is 4.00 e. The molecule has 6 nitrogen and oxygen atoms in total. The Bertz CT molecular complexity index is 99.6. The van der Waals surface area contributed by atoms with Gasteiger partial charge >= 0.3 is 30.8 Å². The van der Waals surface area contributed by atoms with E-state index >= 15 is 0 Å². The average Bonchev–Trinajstić information content (AvgIpc) is 2.06.